The van der Waals surface area contributed by atoms with Crippen molar-refractivity contribution in [3.63, 3.8) is 0 Å². The minimum atomic E-state index is -0.634. The molecule has 2 heterocycles. The fourth-order valence-electron chi connectivity index (χ4n) is 2.26. The Bertz CT molecular complexity index is 1080. The number of benzene rings is 1. The zero-order valence-corrected chi connectivity index (χ0v) is 16.2. The zero-order chi connectivity index (χ0) is 20.1. The third-order valence-electron chi connectivity index (χ3n) is 3.57. The third kappa shape index (κ3) is 4.52. The lowest BCUT2D eigenvalue weighted by atomic mass is 10.2. The number of hydrogen-bond donors (Lipinski definition) is 1. The molecule has 0 aliphatic heterocycles. The largest absolute Gasteiger partial charge is 0.451 e. The number of pyridine rings is 1. The molecule has 0 saturated carbocycles. The number of nitriles is 1. The summed E-state index contributed by atoms with van der Waals surface area (Å²) in [6.45, 7) is 1.23. The van der Waals surface area contributed by atoms with E-state index in [4.69, 9.17) is 21.6 Å². The molecule has 0 aliphatic rings. The second-order valence-corrected chi connectivity index (χ2v) is 6.99. The van der Waals surface area contributed by atoms with E-state index in [0.717, 1.165) is 11.3 Å². The molecule has 0 fully saturated rings. The maximum absolute atomic E-state index is 12.3. The summed E-state index contributed by atoms with van der Waals surface area (Å²) < 4.78 is 5.08. The lowest BCUT2D eigenvalue weighted by Crippen LogP contribution is -2.20. The molecule has 2 aromatic heterocycles. The van der Waals surface area contributed by atoms with Crippen LogP contribution in [-0.2, 0) is 9.53 Å². The topological polar surface area (TPSA) is 105 Å². The van der Waals surface area contributed by atoms with Gasteiger partial charge in [0, 0.05) is 11.9 Å². The van der Waals surface area contributed by atoms with Crippen LogP contribution < -0.4 is 5.32 Å². The van der Waals surface area contributed by atoms with Crippen LogP contribution in [0, 0.1) is 18.3 Å². The quantitative estimate of drug-likeness (QED) is 0.638. The smallest absolute Gasteiger partial charge is 0.350 e. The first-order valence-corrected chi connectivity index (χ1v) is 9.23. The number of aryl methyl sites for hydroxylation is 1. The van der Waals surface area contributed by atoms with Crippen molar-refractivity contribution in [3.8, 4) is 16.8 Å². The van der Waals surface area contributed by atoms with Crippen LogP contribution in [0.4, 0.5) is 5.69 Å². The zero-order valence-electron chi connectivity index (χ0n) is 14.6. The molecule has 9 heteroatoms. The second-order valence-electron chi connectivity index (χ2n) is 5.58. The number of esters is 1. The standard InChI is InChI=1S/C19H13ClN4O3S/c1-11-17(28-18(23-11)15-4-2-3-7-22-15)19(26)27-10-16(25)24-13-6-5-12(9-21)14(20)8-13/h2-8H,10H2,1H3,(H,24,25). The number of thiazole rings is 1. The predicted molar refractivity (Wildman–Crippen MR) is 105 cm³/mol. The van der Waals surface area contributed by atoms with Crippen molar-refractivity contribution in [2.24, 2.45) is 0 Å². The number of hydrogen-bond acceptors (Lipinski definition) is 7. The van der Waals surface area contributed by atoms with E-state index in [9.17, 15) is 9.59 Å². The highest BCUT2D eigenvalue weighted by atomic mass is 35.5. The van der Waals surface area contributed by atoms with E-state index in [0.29, 0.717) is 32.5 Å². The maximum atomic E-state index is 12.3. The van der Waals surface area contributed by atoms with E-state index in [1.165, 1.54) is 18.2 Å². The molecule has 1 aromatic carbocycles. The highest BCUT2D eigenvalue weighted by molar-refractivity contribution is 7.17. The minimum Gasteiger partial charge on any atom is -0.451 e. The first-order chi connectivity index (χ1) is 13.5. The fraction of sp³-hybridized carbons (Fsp3) is 0.105. The van der Waals surface area contributed by atoms with Crippen molar-refractivity contribution < 1.29 is 14.3 Å². The van der Waals surface area contributed by atoms with Crippen LogP contribution in [0.5, 0.6) is 0 Å². The van der Waals surface area contributed by atoms with E-state index in [2.05, 4.69) is 15.3 Å². The van der Waals surface area contributed by atoms with E-state index in [1.807, 2.05) is 12.1 Å². The minimum absolute atomic E-state index is 0.222. The van der Waals surface area contributed by atoms with Gasteiger partial charge in [-0.25, -0.2) is 9.78 Å². The lowest BCUT2D eigenvalue weighted by molar-refractivity contribution is -0.119. The van der Waals surface area contributed by atoms with Crippen molar-refractivity contribution in [2.75, 3.05) is 11.9 Å². The number of nitrogens with one attached hydrogen (secondary N) is 1. The number of anilines is 1. The average Bonchev–Trinajstić information content (AvgIpc) is 3.09. The highest BCUT2D eigenvalue weighted by Crippen LogP contribution is 2.27. The van der Waals surface area contributed by atoms with Crippen molar-refractivity contribution in [3.05, 3.63) is 63.8 Å². The number of ether oxygens (including phenoxy) is 1. The summed E-state index contributed by atoms with van der Waals surface area (Å²) in [5, 5.41) is 12.2. The van der Waals surface area contributed by atoms with Gasteiger partial charge in [-0.15, -0.1) is 11.3 Å². The molecule has 1 amide bonds. The first-order valence-electron chi connectivity index (χ1n) is 8.03. The first kappa shape index (κ1) is 19.5. The Balaban J connectivity index is 1.61. The van der Waals surface area contributed by atoms with Crippen LogP contribution in [0.2, 0.25) is 5.02 Å². The van der Waals surface area contributed by atoms with Gasteiger partial charge in [-0.05, 0) is 37.3 Å². The molecule has 0 bridgehead atoms. The molecule has 1 N–H and O–H groups in total. The van der Waals surface area contributed by atoms with Gasteiger partial charge >= 0.3 is 5.97 Å². The van der Waals surface area contributed by atoms with Gasteiger partial charge in [0.15, 0.2) is 6.61 Å². The van der Waals surface area contributed by atoms with Gasteiger partial charge in [0.1, 0.15) is 16.0 Å². The highest BCUT2D eigenvalue weighted by Gasteiger charge is 2.19. The molecule has 0 radical (unpaired) electrons. The number of amides is 1. The van der Waals surface area contributed by atoms with Crippen LogP contribution in [0.3, 0.4) is 0 Å². The Morgan fingerprint density at radius 1 is 1.32 bits per heavy atom. The van der Waals surface area contributed by atoms with Gasteiger partial charge in [-0.3, -0.25) is 9.78 Å². The van der Waals surface area contributed by atoms with Crippen LogP contribution in [0.15, 0.2) is 42.6 Å². The average molecular weight is 413 g/mol. The molecule has 0 unspecified atom stereocenters. The number of halogens is 1. The fourth-order valence-corrected chi connectivity index (χ4v) is 3.42. The number of aromatic nitrogens is 2. The second kappa shape index (κ2) is 8.61. The van der Waals surface area contributed by atoms with Crippen molar-refractivity contribution in [1.82, 2.24) is 9.97 Å². The summed E-state index contributed by atoms with van der Waals surface area (Å²) >= 11 is 7.08. The van der Waals surface area contributed by atoms with E-state index >= 15 is 0 Å². The molecule has 0 saturated heterocycles. The molecular weight excluding hydrogens is 400 g/mol. The lowest BCUT2D eigenvalue weighted by Gasteiger charge is -2.07. The predicted octanol–water partition coefficient (Wildman–Crippen LogP) is 3.83. The molecule has 28 heavy (non-hydrogen) atoms. The summed E-state index contributed by atoms with van der Waals surface area (Å²) in [5.41, 5.74) is 1.87. The summed E-state index contributed by atoms with van der Waals surface area (Å²) in [4.78, 5) is 33.2. The molecule has 0 atom stereocenters. The van der Waals surface area contributed by atoms with Crippen LogP contribution in [-0.4, -0.2) is 28.5 Å². The molecule has 0 aliphatic carbocycles. The third-order valence-corrected chi connectivity index (χ3v) is 5.05. The van der Waals surface area contributed by atoms with Gasteiger partial charge in [-0.1, -0.05) is 17.7 Å². The Hall–Kier alpha value is -3.28. The van der Waals surface area contributed by atoms with Crippen LogP contribution >= 0.6 is 22.9 Å². The molecule has 7 nitrogen and oxygen atoms in total. The normalized spacial score (nSPS) is 10.2. The van der Waals surface area contributed by atoms with Crippen molar-refractivity contribution in [1.29, 1.82) is 5.26 Å². The van der Waals surface area contributed by atoms with E-state index in [-0.39, 0.29) is 5.02 Å². The molecule has 140 valence electrons. The number of carbonyl (C=O) groups excluding carboxylic acids is 2. The van der Waals surface area contributed by atoms with E-state index in [1.54, 1.807) is 25.3 Å². The molecular formula is C19H13ClN4O3S. The molecule has 0 spiro atoms. The number of carbonyl (C=O) groups is 2. The molecule has 3 rings (SSSR count). The summed E-state index contributed by atoms with van der Waals surface area (Å²) in [6.07, 6.45) is 1.64. The SMILES string of the molecule is Cc1nc(-c2ccccn2)sc1C(=O)OCC(=O)Nc1ccc(C#N)c(Cl)c1. The van der Waals surface area contributed by atoms with Crippen LogP contribution in [0.25, 0.3) is 10.7 Å². The monoisotopic (exact) mass is 412 g/mol. The van der Waals surface area contributed by atoms with Gasteiger partial charge in [0.2, 0.25) is 0 Å². The Morgan fingerprint density at radius 3 is 2.82 bits per heavy atom. The Kier molecular flexibility index (Phi) is 5.99. The van der Waals surface area contributed by atoms with Gasteiger partial charge in [0.25, 0.3) is 5.91 Å². The summed E-state index contributed by atoms with van der Waals surface area (Å²) in [6, 6.07) is 11.8. The van der Waals surface area contributed by atoms with Gasteiger partial charge < -0.3 is 10.1 Å². The van der Waals surface area contributed by atoms with Crippen LogP contribution in [0.1, 0.15) is 20.9 Å². The van der Waals surface area contributed by atoms with E-state index < -0.39 is 18.5 Å². The number of rotatable bonds is 5. The molecule has 3 aromatic rings. The van der Waals surface area contributed by atoms with Crippen molar-refractivity contribution >= 4 is 40.5 Å². The van der Waals surface area contributed by atoms with Gasteiger partial charge in [0.05, 0.1) is 22.0 Å². The Morgan fingerprint density at radius 2 is 2.14 bits per heavy atom. The van der Waals surface area contributed by atoms with Gasteiger partial charge in [-0.2, -0.15) is 5.26 Å². The Labute approximate surface area is 169 Å². The van der Waals surface area contributed by atoms with Crippen molar-refractivity contribution in [2.45, 2.75) is 6.92 Å². The number of nitrogens with zero attached hydrogens (tertiary/aromatic N) is 3. The maximum Gasteiger partial charge on any atom is 0.350 e. The summed E-state index contributed by atoms with van der Waals surface area (Å²) in [5.74, 6) is -1.16. The summed E-state index contributed by atoms with van der Waals surface area (Å²) in [7, 11) is 0.